The molecule has 2 aliphatic rings. The molecule has 3 atom stereocenters. The molecule has 1 aliphatic heterocycles. The number of rotatable bonds is 5. The maximum atomic E-state index is 12.8. The van der Waals surface area contributed by atoms with E-state index >= 15 is 0 Å². The summed E-state index contributed by atoms with van der Waals surface area (Å²) in [4.78, 5) is 17.7. The standard InChI is InChI=1S/C25H36N4O2/c1-27-15-17-29(18-16-27)21-10-12-25(13-11-23(21)30,20-7-4-3-5-8-20)19-26-24(31)22-9-6-14-28(22)2/h3-9,14,21,23,30H,10-13,15-19H2,1-2H3,(H,26,31)/t21-,23-,25-/m0/s1. The fraction of sp³-hybridized carbons (Fsp3) is 0.560. The third-order valence-electron chi connectivity index (χ3n) is 7.44. The summed E-state index contributed by atoms with van der Waals surface area (Å²) in [5, 5.41) is 14.3. The Morgan fingerprint density at radius 1 is 1.03 bits per heavy atom. The van der Waals surface area contributed by atoms with Crippen LogP contribution in [0.4, 0.5) is 0 Å². The molecular formula is C25H36N4O2. The monoisotopic (exact) mass is 424 g/mol. The normalized spacial score (nSPS) is 28.2. The van der Waals surface area contributed by atoms with Crippen LogP contribution < -0.4 is 5.32 Å². The van der Waals surface area contributed by atoms with Gasteiger partial charge in [-0.05, 0) is 50.4 Å². The number of piperazine rings is 1. The average molecular weight is 425 g/mol. The van der Waals surface area contributed by atoms with Crippen molar-refractivity contribution in [3.05, 3.63) is 59.9 Å². The van der Waals surface area contributed by atoms with Crippen molar-refractivity contribution in [2.75, 3.05) is 39.8 Å². The largest absolute Gasteiger partial charge is 0.391 e. The predicted molar refractivity (Wildman–Crippen MR) is 123 cm³/mol. The first-order chi connectivity index (χ1) is 15.0. The molecule has 6 nitrogen and oxygen atoms in total. The van der Waals surface area contributed by atoms with Gasteiger partial charge in [0.15, 0.2) is 0 Å². The fourth-order valence-electron chi connectivity index (χ4n) is 5.33. The molecule has 1 aromatic carbocycles. The van der Waals surface area contributed by atoms with Gasteiger partial charge in [-0.15, -0.1) is 0 Å². The molecule has 0 bridgehead atoms. The van der Waals surface area contributed by atoms with Crippen molar-refractivity contribution in [1.82, 2.24) is 19.7 Å². The van der Waals surface area contributed by atoms with Crippen LogP contribution in [0.3, 0.4) is 0 Å². The van der Waals surface area contributed by atoms with E-state index < -0.39 is 0 Å². The van der Waals surface area contributed by atoms with Crippen LogP contribution in [-0.4, -0.2) is 77.3 Å². The molecule has 0 spiro atoms. The van der Waals surface area contributed by atoms with Crippen LogP contribution in [0.1, 0.15) is 41.7 Å². The molecule has 2 N–H and O–H groups in total. The second-order valence-electron chi connectivity index (χ2n) is 9.38. The van der Waals surface area contributed by atoms with Gasteiger partial charge >= 0.3 is 0 Å². The number of likely N-dealkylation sites (N-methyl/N-ethyl adjacent to an activating group) is 1. The van der Waals surface area contributed by atoms with E-state index in [-0.39, 0.29) is 23.5 Å². The topological polar surface area (TPSA) is 60.7 Å². The third kappa shape index (κ3) is 4.86. The number of carbonyl (C=O) groups excluding carboxylic acids is 1. The molecule has 0 radical (unpaired) electrons. The van der Waals surface area contributed by atoms with Gasteiger partial charge in [0, 0.05) is 57.4 Å². The van der Waals surface area contributed by atoms with E-state index in [1.165, 1.54) is 5.56 Å². The zero-order valence-electron chi connectivity index (χ0n) is 18.8. The van der Waals surface area contributed by atoms with Gasteiger partial charge in [0.25, 0.3) is 5.91 Å². The molecule has 2 heterocycles. The van der Waals surface area contributed by atoms with E-state index in [0.717, 1.165) is 51.9 Å². The van der Waals surface area contributed by atoms with Crippen molar-refractivity contribution in [2.24, 2.45) is 7.05 Å². The van der Waals surface area contributed by atoms with Gasteiger partial charge < -0.3 is 19.9 Å². The first-order valence-electron chi connectivity index (χ1n) is 11.5. The lowest BCUT2D eigenvalue weighted by atomic mass is 9.74. The summed E-state index contributed by atoms with van der Waals surface area (Å²) < 4.78 is 1.85. The molecule has 1 saturated carbocycles. The van der Waals surface area contributed by atoms with Crippen LogP contribution in [0.15, 0.2) is 48.7 Å². The fourth-order valence-corrected chi connectivity index (χ4v) is 5.33. The van der Waals surface area contributed by atoms with Gasteiger partial charge in [-0.3, -0.25) is 9.69 Å². The van der Waals surface area contributed by atoms with Crippen molar-refractivity contribution in [3.8, 4) is 0 Å². The first kappa shape index (κ1) is 22.1. The highest BCUT2D eigenvalue weighted by molar-refractivity contribution is 5.92. The zero-order valence-corrected chi connectivity index (χ0v) is 18.8. The highest BCUT2D eigenvalue weighted by Gasteiger charge is 2.40. The Balaban J connectivity index is 1.52. The number of amides is 1. The number of hydrogen-bond donors (Lipinski definition) is 2. The summed E-state index contributed by atoms with van der Waals surface area (Å²) in [5.74, 6) is -0.0387. The maximum Gasteiger partial charge on any atom is 0.267 e. The Labute approximate surface area is 185 Å². The number of nitrogens with zero attached hydrogens (tertiary/aromatic N) is 3. The number of carbonyl (C=O) groups is 1. The second kappa shape index (κ2) is 9.55. The van der Waals surface area contributed by atoms with Crippen LogP contribution in [-0.2, 0) is 12.5 Å². The van der Waals surface area contributed by atoms with E-state index in [1.54, 1.807) is 0 Å². The van der Waals surface area contributed by atoms with Crippen LogP contribution >= 0.6 is 0 Å². The van der Waals surface area contributed by atoms with Crippen molar-refractivity contribution in [1.29, 1.82) is 0 Å². The molecule has 6 heteroatoms. The van der Waals surface area contributed by atoms with Crippen LogP contribution in [0.5, 0.6) is 0 Å². The number of nitrogens with one attached hydrogen (secondary N) is 1. The lowest BCUT2D eigenvalue weighted by Gasteiger charge is -2.39. The minimum Gasteiger partial charge on any atom is -0.391 e. The van der Waals surface area contributed by atoms with Crippen molar-refractivity contribution in [3.63, 3.8) is 0 Å². The minimum absolute atomic E-state index is 0.0387. The number of benzene rings is 1. The molecule has 0 unspecified atom stereocenters. The van der Waals surface area contributed by atoms with E-state index in [9.17, 15) is 9.90 Å². The summed E-state index contributed by atoms with van der Waals surface area (Å²) in [6.45, 7) is 4.73. The molecule has 1 aromatic heterocycles. The number of aliphatic hydroxyl groups excluding tert-OH is 1. The molecule has 2 fully saturated rings. The quantitative estimate of drug-likeness (QED) is 0.723. The lowest BCUT2D eigenvalue weighted by molar-refractivity contribution is 0.0200. The summed E-state index contributed by atoms with van der Waals surface area (Å²) in [7, 11) is 4.06. The van der Waals surface area contributed by atoms with E-state index in [1.807, 2.05) is 36.0 Å². The van der Waals surface area contributed by atoms with Gasteiger partial charge in [-0.25, -0.2) is 0 Å². The zero-order chi connectivity index (χ0) is 21.8. The van der Waals surface area contributed by atoms with Gasteiger partial charge in [-0.2, -0.15) is 0 Å². The molecule has 4 rings (SSSR count). The SMILES string of the molecule is CN1CCN([C@H]2CC[C@](CNC(=O)c3cccn3C)(c3ccccc3)CC[C@@H]2O)CC1. The van der Waals surface area contributed by atoms with Crippen molar-refractivity contribution >= 4 is 5.91 Å². The molecule has 2 aromatic rings. The molecule has 1 saturated heterocycles. The van der Waals surface area contributed by atoms with Gasteiger partial charge in [0.1, 0.15) is 5.69 Å². The maximum absolute atomic E-state index is 12.8. The molecule has 1 amide bonds. The predicted octanol–water partition coefficient (Wildman–Crippen LogP) is 2.24. The van der Waals surface area contributed by atoms with Gasteiger partial charge in [0.05, 0.1) is 6.10 Å². The Hall–Kier alpha value is -2.15. The van der Waals surface area contributed by atoms with Crippen LogP contribution in [0, 0.1) is 0 Å². The van der Waals surface area contributed by atoms with Gasteiger partial charge in [-0.1, -0.05) is 30.3 Å². The lowest BCUT2D eigenvalue weighted by Crippen LogP contribution is -2.52. The Kier molecular flexibility index (Phi) is 6.80. The van der Waals surface area contributed by atoms with Crippen LogP contribution in [0.2, 0.25) is 0 Å². The molecule has 168 valence electrons. The average Bonchev–Trinajstić information content (AvgIpc) is 3.15. The Morgan fingerprint density at radius 2 is 1.74 bits per heavy atom. The smallest absolute Gasteiger partial charge is 0.267 e. The van der Waals surface area contributed by atoms with Gasteiger partial charge in [0.2, 0.25) is 0 Å². The Bertz CT molecular complexity index is 859. The third-order valence-corrected chi connectivity index (χ3v) is 7.44. The first-order valence-corrected chi connectivity index (χ1v) is 11.5. The summed E-state index contributed by atoms with van der Waals surface area (Å²) >= 11 is 0. The number of aryl methyl sites for hydroxylation is 1. The second-order valence-corrected chi connectivity index (χ2v) is 9.38. The summed E-state index contributed by atoms with van der Waals surface area (Å²) in [6.07, 6.45) is 5.10. The number of aromatic nitrogens is 1. The molecule has 1 aliphatic carbocycles. The number of aliphatic hydroxyl groups is 1. The van der Waals surface area contributed by atoms with E-state index in [4.69, 9.17) is 0 Å². The van der Waals surface area contributed by atoms with Crippen LogP contribution in [0.25, 0.3) is 0 Å². The van der Waals surface area contributed by atoms with Crippen molar-refractivity contribution < 1.29 is 9.90 Å². The molecule has 31 heavy (non-hydrogen) atoms. The molecular weight excluding hydrogens is 388 g/mol. The van der Waals surface area contributed by atoms with E-state index in [0.29, 0.717) is 12.2 Å². The summed E-state index contributed by atoms with van der Waals surface area (Å²) in [5.41, 5.74) is 1.77. The van der Waals surface area contributed by atoms with E-state index in [2.05, 4.69) is 46.4 Å². The Morgan fingerprint density at radius 3 is 2.42 bits per heavy atom. The highest BCUT2D eigenvalue weighted by Crippen LogP contribution is 2.39. The minimum atomic E-state index is -0.322. The highest BCUT2D eigenvalue weighted by atomic mass is 16.3. The summed E-state index contributed by atoms with van der Waals surface area (Å²) in [6, 6.07) is 14.5. The van der Waals surface area contributed by atoms with Crippen molar-refractivity contribution in [2.45, 2.75) is 43.2 Å². The number of hydrogen-bond acceptors (Lipinski definition) is 4.